The molecule has 1 heterocycles. The molecule has 0 bridgehead atoms. The molecule has 0 fully saturated rings. The fourth-order valence-corrected chi connectivity index (χ4v) is 2.62. The van der Waals surface area contributed by atoms with Gasteiger partial charge in [-0.3, -0.25) is 0 Å². The number of aromatic hydroxyl groups is 1. The first kappa shape index (κ1) is 17.0. The molecule has 1 atom stereocenters. The van der Waals surface area contributed by atoms with Crippen LogP contribution in [-0.2, 0) is 6.54 Å². The lowest BCUT2D eigenvalue weighted by atomic mass is 10.1. The van der Waals surface area contributed by atoms with Gasteiger partial charge in [0.1, 0.15) is 12.7 Å². The molecule has 0 radical (unpaired) electrons. The maximum Gasteiger partial charge on any atom is 0.162 e. The topological polar surface area (TPSA) is 72.2 Å². The number of ether oxygens (including phenoxy) is 1. The van der Waals surface area contributed by atoms with Crippen LogP contribution in [-0.4, -0.2) is 26.5 Å². The minimum atomic E-state index is 0.139. The van der Waals surface area contributed by atoms with E-state index in [9.17, 15) is 5.11 Å². The van der Waals surface area contributed by atoms with E-state index in [-0.39, 0.29) is 11.8 Å². The van der Waals surface area contributed by atoms with Gasteiger partial charge in [-0.05, 0) is 37.6 Å². The monoisotopic (exact) mass is 338 g/mol. The largest absolute Gasteiger partial charge is 0.504 e. The lowest BCUT2D eigenvalue weighted by Gasteiger charge is -2.16. The van der Waals surface area contributed by atoms with Gasteiger partial charge in [0.2, 0.25) is 0 Å². The van der Waals surface area contributed by atoms with E-state index in [2.05, 4.69) is 34.5 Å². The molecule has 3 aromatic rings. The summed E-state index contributed by atoms with van der Waals surface area (Å²) in [5.41, 5.74) is 2.94. The van der Waals surface area contributed by atoms with E-state index < -0.39 is 0 Å². The summed E-state index contributed by atoms with van der Waals surface area (Å²) in [6.07, 6.45) is 3.19. The van der Waals surface area contributed by atoms with Crippen molar-refractivity contribution in [1.82, 2.24) is 20.1 Å². The molecule has 3 rings (SSSR count). The van der Waals surface area contributed by atoms with E-state index in [1.165, 1.54) is 6.33 Å². The van der Waals surface area contributed by atoms with Crippen LogP contribution in [0.25, 0.3) is 5.69 Å². The van der Waals surface area contributed by atoms with Gasteiger partial charge < -0.3 is 15.2 Å². The maximum atomic E-state index is 10.3. The Balaban J connectivity index is 1.65. The molecule has 6 heteroatoms. The average molecular weight is 338 g/mol. The first-order chi connectivity index (χ1) is 12.2. The Morgan fingerprint density at radius 2 is 2.00 bits per heavy atom. The van der Waals surface area contributed by atoms with Gasteiger partial charge in [-0.2, -0.15) is 5.10 Å². The molecule has 130 valence electrons. The zero-order chi connectivity index (χ0) is 17.6. The average Bonchev–Trinajstić information content (AvgIpc) is 3.17. The third kappa shape index (κ3) is 3.97. The Morgan fingerprint density at radius 3 is 2.68 bits per heavy atom. The normalized spacial score (nSPS) is 12.1. The minimum absolute atomic E-state index is 0.139. The van der Waals surface area contributed by atoms with Gasteiger partial charge in [-0.1, -0.05) is 24.3 Å². The van der Waals surface area contributed by atoms with E-state index in [1.807, 2.05) is 31.2 Å². The molecule has 0 spiro atoms. The van der Waals surface area contributed by atoms with Gasteiger partial charge in [-0.25, -0.2) is 9.67 Å². The van der Waals surface area contributed by atoms with Crippen LogP contribution in [0.3, 0.4) is 0 Å². The number of para-hydroxylation sites is 1. The lowest BCUT2D eigenvalue weighted by molar-refractivity contribution is 0.316. The quantitative estimate of drug-likeness (QED) is 0.692. The van der Waals surface area contributed by atoms with Crippen LogP contribution in [0.2, 0.25) is 0 Å². The standard InChI is InChI=1S/C19H22N4O2/c1-3-25-18-6-4-5-16(19(18)24)11-21-14(2)15-7-9-17(10-8-15)23-13-20-12-22-23/h4-10,12-14,21,24H,3,11H2,1-2H3/t14-/m0/s1. The summed E-state index contributed by atoms with van der Waals surface area (Å²) in [6.45, 7) is 5.07. The highest BCUT2D eigenvalue weighted by atomic mass is 16.5. The first-order valence-electron chi connectivity index (χ1n) is 8.31. The molecule has 0 aliphatic rings. The highest BCUT2D eigenvalue weighted by Gasteiger charge is 2.10. The number of phenols is 1. The van der Waals surface area contributed by atoms with Gasteiger partial charge in [-0.15, -0.1) is 0 Å². The summed E-state index contributed by atoms with van der Waals surface area (Å²) >= 11 is 0. The van der Waals surface area contributed by atoms with Crippen LogP contribution in [0.15, 0.2) is 55.1 Å². The van der Waals surface area contributed by atoms with Crippen LogP contribution < -0.4 is 10.1 Å². The molecular formula is C19H22N4O2. The van der Waals surface area contributed by atoms with Crippen LogP contribution in [0.5, 0.6) is 11.5 Å². The van der Waals surface area contributed by atoms with Crippen LogP contribution in [0.1, 0.15) is 31.0 Å². The van der Waals surface area contributed by atoms with Crippen molar-refractivity contribution >= 4 is 0 Å². The van der Waals surface area contributed by atoms with Crippen molar-refractivity contribution in [2.75, 3.05) is 6.61 Å². The SMILES string of the molecule is CCOc1cccc(CN[C@@H](C)c2ccc(-n3cncn3)cc2)c1O. The number of rotatable bonds is 7. The smallest absolute Gasteiger partial charge is 0.162 e. The second kappa shape index (κ2) is 7.81. The molecule has 2 N–H and O–H groups in total. The first-order valence-corrected chi connectivity index (χ1v) is 8.31. The number of benzene rings is 2. The predicted molar refractivity (Wildman–Crippen MR) is 95.9 cm³/mol. The van der Waals surface area contributed by atoms with E-state index in [1.54, 1.807) is 17.1 Å². The van der Waals surface area contributed by atoms with E-state index in [0.717, 1.165) is 16.8 Å². The van der Waals surface area contributed by atoms with Gasteiger partial charge >= 0.3 is 0 Å². The van der Waals surface area contributed by atoms with Crippen molar-refractivity contribution in [1.29, 1.82) is 0 Å². The maximum absolute atomic E-state index is 10.3. The van der Waals surface area contributed by atoms with Gasteiger partial charge in [0.15, 0.2) is 11.5 Å². The van der Waals surface area contributed by atoms with E-state index in [4.69, 9.17) is 4.74 Å². The Labute approximate surface area is 147 Å². The second-order valence-corrected chi connectivity index (χ2v) is 5.73. The van der Waals surface area contributed by atoms with Gasteiger partial charge in [0.05, 0.1) is 12.3 Å². The second-order valence-electron chi connectivity index (χ2n) is 5.73. The molecule has 0 saturated heterocycles. The van der Waals surface area contributed by atoms with E-state index >= 15 is 0 Å². The molecule has 0 unspecified atom stereocenters. The molecular weight excluding hydrogens is 316 g/mol. The Hall–Kier alpha value is -2.86. The minimum Gasteiger partial charge on any atom is -0.504 e. The molecule has 0 aliphatic carbocycles. The van der Waals surface area contributed by atoms with Crippen molar-refractivity contribution in [3.63, 3.8) is 0 Å². The molecule has 25 heavy (non-hydrogen) atoms. The van der Waals surface area contributed by atoms with Crippen LogP contribution in [0, 0.1) is 0 Å². The summed E-state index contributed by atoms with van der Waals surface area (Å²) in [4.78, 5) is 3.95. The van der Waals surface area contributed by atoms with Crippen molar-refractivity contribution in [2.45, 2.75) is 26.4 Å². The number of phenolic OH excluding ortho intramolecular Hbond substituents is 1. The number of hydrogen-bond donors (Lipinski definition) is 2. The van der Waals surface area contributed by atoms with Crippen LogP contribution in [0.4, 0.5) is 0 Å². The summed E-state index contributed by atoms with van der Waals surface area (Å²) in [6, 6.07) is 13.8. The Kier molecular flexibility index (Phi) is 5.30. The molecule has 0 aliphatic heterocycles. The zero-order valence-electron chi connectivity index (χ0n) is 14.4. The highest BCUT2D eigenvalue weighted by molar-refractivity contribution is 5.45. The highest BCUT2D eigenvalue weighted by Crippen LogP contribution is 2.30. The van der Waals surface area contributed by atoms with Crippen LogP contribution >= 0.6 is 0 Å². The molecule has 2 aromatic carbocycles. The van der Waals surface area contributed by atoms with Crippen molar-refractivity contribution in [3.8, 4) is 17.2 Å². The summed E-state index contributed by atoms with van der Waals surface area (Å²) < 4.78 is 7.15. The van der Waals surface area contributed by atoms with E-state index in [0.29, 0.717) is 18.9 Å². The number of nitrogens with zero attached hydrogens (tertiary/aromatic N) is 3. The third-order valence-electron chi connectivity index (χ3n) is 4.06. The molecule has 0 amide bonds. The fraction of sp³-hybridized carbons (Fsp3) is 0.263. The van der Waals surface area contributed by atoms with Crippen molar-refractivity contribution < 1.29 is 9.84 Å². The predicted octanol–water partition coefficient (Wildman–Crippen LogP) is 3.22. The Morgan fingerprint density at radius 1 is 1.20 bits per heavy atom. The fourth-order valence-electron chi connectivity index (χ4n) is 2.62. The summed E-state index contributed by atoms with van der Waals surface area (Å²) in [5, 5.41) is 17.8. The van der Waals surface area contributed by atoms with Crippen molar-refractivity contribution in [3.05, 3.63) is 66.2 Å². The van der Waals surface area contributed by atoms with Crippen molar-refractivity contribution in [2.24, 2.45) is 0 Å². The number of hydrogen-bond acceptors (Lipinski definition) is 5. The number of nitrogens with one attached hydrogen (secondary N) is 1. The molecule has 0 saturated carbocycles. The zero-order valence-corrected chi connectivity index (χ0v) is 14.4. The van der Waals surface area contributed by atoms with Gasteiger partial charge in [0, 0.05) is 18.2 Å². The van der Waals surface area contributed by atoms with Gasteiger partial charge in [0.25, 0.3) is 0 Å². The molecule has 6 nitrogen and oxygen atoms in total. The number of aromatic nitrogens is 3. The Bertz CT molecular complexity index is 801. The third-order valence-corrected chi connectivity index (χ3v) is 4.06. The summed E-state index contributed by atoms with van der Waals surface area (Å²) in [7, 11) is 0. The lowest BCUT2D eigenvalue weighted by Crippen LogP contribution is -2.18. The molecule has 1 aromatic heterocycles. The summed E-state index contributed by atoms with van der Waals surface area (Å²) in [5.74, 6) is 0.720.